The Morgan fingerprint density at radius 1 is 1.39 bits per heavy atom. The quantitative estimate of drug-likeness (QED) is 0.842. The summed E-state index contributed by atoms with van der Waals surface area (Å²) in [7, 11) is 0. The number of hydrogen-bond donors (Lipinski definition) is 1. The Morgan fingerprint density at radius 2 is 2.11 bits per heavy atom. The number of carbonyl (C=O) groups is 1. The van der Waals surface area contributed by atoms with Crippen LogP contribution >= 0.6 is 11.3 Å². The standard InChI is InChI=1S/C14H15NO2S/c1-14(17,7-8-16)9-13-15-12(10-18-13)11-5-3-2-4-6-11/h2-6,8,10,17H,7,9H2,1H3. The van der Waals surface area contributed by atoms with Crippen molar-refractivity contribution < 1.29 is 9.90 Å². The van der Waals surface area contributed by atoms with Gasteiger partial charge in [0.05, 0.1) is 16.3 Å². The summed E-state index contributed by atoms with van der Waals surface area (Å²) in [5.74, 6) is 0. The summed E-state index contributed by atoms with van der Waals surface area (Å²) < 4.78 is 0. The van der Waals surface area contributed by atoms with E-state index in [1.165, 1.54) is 11.3 Å². The minimum Gasteiger partial charge on any atom is -0.389 e. The first-order valence-electron chi connectivity index (χ1n) is 5.76. The predicted molar refractivity (Wildman–Crippen MR) is 72.6 cm³/mol. The lowest BCUT2D eigenvalue weighted by Gasteiger charge is -2.18. The zero-order chi connectivity index (χ0) is 13.0. The normalized spacial score (nSPS) is 14.1. The summed E-state index contributed by atoms with van der Waals surface area (Å²) in [5.41, 5.74) is 0.973. The van der Waals surface area contributed by atoms with Gasteiger partial charge in [-0.1, -0.05) is 30.3 Å². The molecule has 1 N–H and O–H groups in total. The topological polar surface area (TPSA) is 50.2 Å². The molecule has 1 aromatic carbocycles. The van der Waals surface area contributed by atoms with Gasteiger partial charge in [-0.25, -0.2) is 4.98 Å². The van der Waals surface area contributed by atoms with Crippen LogP contribution < -0.4 is 0 Å². The number of hydrogen-bond acceptors (Lipinski definition) is 4. The smallest absolute Gasteiger partial charge is 0.122 e. The summed E-state index contributed by atoms with van der Waals surface area (Å²) in [6.45, 7) is 1.66. The van der Waals surface area contributed by atoms with E-state index in [4.69, 9.17) is 0 Å². The van der Waals surface area contributed by atoms with Gasteiger partial charge >= 0.3 is 0 Å². The van der Waals surface area contributed by atoms with Crippen LogP contribution in [0.15, 0.2) is 35.7 Å². The fourth-order valence-corrected chi connectivity index (χ4v) is 2.69. The molecule has 0 amide bonds. The van der Waals surface area contributed by atoms with Crippen molar-refractivity contribution in [2.75, 3.05) is 0 Å². The summed E-state index contributed by atoms with van der Waals surface area (Å²) >= 11 is 1.51. The van der Waals surface area contributed by atoms with Crippen molar-refractivity contribution in [2.45, 2.75) is 25.4 Å². The molecule has 2 rings (SSSR count). The molecule has 0 bridgehead atoms. The van der Waals surface area contributed by atoms with E-state index in [-0.39, 0.29) is 6.42 Å². The number of carbonyl (C=O) groups excluding carboxylic acids is 1. The number of nitrogens with zero attached hydrogens (tertiary/aromatic N) is 1. The molecule has 0 radical (unpaired) electrons. The number of benzene rings is 1. The molecular formula is C14H15NO2S. The lowest BCUT2D eigenvalue weighted by Crippen LogP contribution is -2.27. The lowest BCUT2D eigenvalue weighted by atomic mass is 10.00. The molecule has 0 aliphatic heterocycles. The van der Waals surface area contributed by atoms with E-state index in [1.807, 2.05) is 35.7 Å². The van der Waals surface area contributed by atoms with Gasteiger partial charge in [-0.3, -0.25) is 0 Å². The molecule has 2 aromatic rings. The van der Waals surface area contributed by atoms with Gasteiger partial charge < -0.3 is 9.90 Å². The Morgan fingerprint density at radius 3 is 2.78 bits per heavy atom. The Bertz CT molecular complexity index is 520. The van der Waals surface area contributed by atoms with Crippen LogP contribution in [0.5, 0.6) is 0 Å². The van der Waals surface area contributed by atoms with Gasteiger partial charge in [-0.05, 0) is 6.92 Å². The van der Waals surface area contributed by atoms with Crippen molar-refractivity contribution in [1.82, 2.24) is 4.98 Å². The third kappa shape index (κ3) is 3.24. The maximum Gasteiger partial charge on any atom is 0.122 e. The lowest BCUT2D eigenvalue weighted by molar-refractivity contribution is -0.111. The number of aromatic nitrogens is 1. The van der Waals surface area contributed by atoms with Gasteiger partial charge in [0.25, 0.3) is 0 Å². The van der Waals surface area contributed by atoms with Gasteiger partial charge in [0.15, 0.2) is 0 Å². The van der Waals surface area contributed by atoms with E-state index in [2.05, 4.69) is 4.98 Å². The van der Waals surface area contributed by atoms with E-state index in [1.54, 1.807) is 6.92 Å². The van der Waals surface area contributed by atoms with Crippen molar-refractivity contribution >= 4 is 17.6 Å². The van der Waals surface area contributed by atoms with Crippen molar-refractivity contribution in [2.24, 2.45) is 0 Å². The SMILES string of the molecule is CC(O)(CC=O)Cc1nc(-c2ccccc2)cs1. The van der Waals surface area contributed by atoms with Crippen LogP contribution in [0.25, 0.3) is 11.3 Å². The first kappa shape index (κ1) is 12.9. The van der Waals surface area contributed by atoms with Crippen LogP contribution in [0, 0.1) is 0 Å². The summed E-state index contributed by atoms with van der Waals surface area (Å²) in [4.78, 5) is 15.0. The minimum atomic E-state index is -1.01. The number of thiazole rings is 1. The second kappa shape index (κ2) is 5.42. The van der Waals surface area contributed by atoms with E-state index in [9.17, 15) is 9.90 Å². The highest BCUT2D eigenvalue weighted by Gasteiger charge is 2.22. The Kier molecular flexibility index (Phi) is 3.89. The Labute approximate surface area is 110 Å². The van der Waals surface area contributed by atoms with Crippen molar-refractivity contribution in [1.29, 1.82) is 0 Å². The largest absolute Gasteiger partial charge is 0.389 e. The Balaban J connectivity index is 2.14. The highest BCUT2D eigenvalue weighted by atomic mass is 32.1. The van der Waals surface area contributed by atoms with Crippen molar-refractivity contribution in [3.63, 3.8) is 0 Å². The molecule has 0 spiro atoms. The first-order chi connectivity index (χ1) is 8.61. The van der Waals surface area contributed by atoms with E-state index in [0.29, 0.717) is 6.42 Å². The second-order valence-corrected chi connectivity index (χ2v) is 5.48. The molecule has 94 valence electrons. The van der Waals surface area contributed by atoms with E-state index >= 15 is 0 Å². The highest BCUT2D eigenvalue weighted by molar-refractivity contribution is 7.09. The van der Waals surface area contributed by atoms with Crippen LogP contribution in [0.4, 0.5) is 0 Å². The molecule has 0 aliphatic carbocycles. The van der Waals surface area contributed by atoms with E-state index < -0.39 is 5.60 Å². The molecule has 0 fully saturated rings. The summed E-state index contributed by atoms with van der Waals surface area (Å²) in [6.07, 6.45) is 1.28. The molecule has 0 saturated heterocycles. The van der Waals surface area contributed by atoms with E-state index in [0.717, 1.165) is 22.6 Å². The molecule has 3 nitrogen and oxygen atoms in total. The summed E-state index contributed by atoms with van der Waals surface area (Å²) in [6, 6.07) is 9.91. The monoisotopic (exact) mass is 261 g/mol. The molecular weight excluding hydrogens is 246 g/mol. The van der Waals surface area contributed by atoms with Gasteiger partial charge in [0.2, 0.25) is 0 Å². The third-order valence-electron chi connectivity index (χ3n) is 2.68. The molecule has 1 atom stereocenters. The van der Waals surface area contributed by atoms with Crippen molar-refractivity contribution in [3.05, 3.63) is 40.7 Å². The highest BCUT2D eigenvalue weighted by Crippen LogP contribution is 2.24. The maximum absolute atomic E-state index is 10.5. The molecule has 0 aliphatic rings. The fourth-order valence-electron chi connectivity index (χ4n) is 1.71. The van der Waals surface area contributed by atoms with Gasteiger partial charge in [-0.15, -0.1) is 11.3 Å². The second-order valence-electron chi connectivity index (χ2n) is 4.54. The predicted octanol–water partition coefficient (Wildman–Crippen LogP) is 2.69. The number of rotatable bonds is 5. The van der Waals surface area contributed by atoms with Crippen LogP contribution in [0.3, 0.4) is 0 Å². The van der Waals surface area contributed by atoms with Crippen molar-refractivity contribution in [3.8, 4) is 11.3 Å². The van der Waals surface area contributed by atoms with Gasteiger partial charge in [0, 0.05) is 23.8 Å². The fraction of sp³-hybridized carbons (Fsp3) is 0.286. The average Bonchev–Trinajstić information content (AvgIpc) is 2.77. The van der Waals surface area contributed by atoms with Crippen LogP contribution in [-0.2, 0) is 11.2 Å². The minimum absolute atomic E-state index is 0.132. The molecule has 18 heavy (non-hydrogen) atoms. The maximum atomic E-state index is 10.5. The summed E-state index contributed by atoms with van der Waals surface area (Å²) in [5, 5.41) is 12.8. The van der Waals surface area contributed by atoms with Gasteiger partial charge in [0.1, 0.15) is 6.29 Å². The average molecular weight is 261 g/mol. The molecule has 1 heterocycles. The Hall–Kier alpha value is -1.52. The van der Waals surface area contributed by atoms with Crippen LogP contribution in [-0.4, -0.2) is 22.0 Å². The molecule has 1 unspecified atom stereocenters. The third-order valence-corrected chi connectivity index (χ3v) is 3.53. The molecule has 4 heteroatoms. The molecule has 1 aromatic heterocycles. The van der Waals surface area contributed by atoms with Gasteiger partial charge in [-0.2, -0.15) is 0 Å². The molecule has 0 saturated carbocycles. The van der Waals surface area contributed by atoms with Crippen LogP contribution in [0.2, 0.25) is 0 Å². The number of aliphatic hydroxyl groups is 1. The number of aldehydes is 1. The zero-order valence-electron chi connectivity index (χ0n) is 10.2. The first-order valence-corrected chi connectivity index (χ1v) is 6.64. The van der Waals surface area contributed by atoms with Crippen LogP contribution in [0.1, 0.15) is 18.4 Å². The zero-order valence-corrected chi connectivity index (χ0v) is 11.0.